The number of amides is 2. The van der Waals surface area contributed by atoms with Gasteiger partial charge in [-0.25, -0.2) is 4.98 Å². The summed E-state index contributed by atoms with van der Waals surface area (Å²) >= 11 is 0. The van der Waals surface area contributed by atoms with Crippen LogP contribution in [0.4, 0.5) is 0 Å². The summed E-state index contributed by atoms with van der Waals surface area (Å²) in [6, 6.07) is -0.424. The number of carbonyl (C=O) groups excluding carboxylic acids is 2. The highest BCUT2D eigenvalue weighted by Gasteiger charge is 2.29. The van der Waals surface area contributed by atoms with Crippen LogP contribution in [-0.2, 0) is 16.1 Å². The summed E-state index contributed by atoms with van der Waals surface area (Å²) in [6.45, 7) is 0.457. The fourth-order valence-corrected chi connectivity index (χ4v) is 1.33. The number of rotatable bonds is 3. The minimum atomic E-state index is -0.424. The smallest absolute Gasteiger partial charge is 0.244 e. The van der Waals surface area contributed by atoms with Crippen LogP contribution in [-0.4, -0.2) is 27.8 Å². The average Bonchev–Trinajstić information content (AvgIpc) is 2.72. The molecule has 1 aliphatic heterocycles. The number of nitrogens with zero attached hydrogens (tertiary/aromatic N) is 1. The van der Waals surface area contributed by atoms with E-state index >= 15 is 0 Å². The molecule has 2 rings (SSSR count). The molecule has 1 unspecified atom stereocenters. The first-order valence-corrected chi connectivity index (χ1v) is 4.31. The van der Waals surface area contributed by atoms with Gasteiger partial charge in [0.1, 0.15) is 5.82 Å². The Bertz CT molecular complexity index is 346. The molecule has 14 heavy (non-hydrogen) atoms. The number of imidazole rings is 1. The average molecular weight is 194 g/mol. The van der Waals surface area contributed by atoms with Gasteiger partial charge in [-0.1, -0.05) is 0 Å². The zero-order valence-electron chi connectivity index (χ0n) is 7.41. The number of hydrogen-bond donors (Lipinski definition) is 3. The first-order chi connectivity index (χ1) is 6.75. The van der Waals surface area contributed by atoms with E-state index in [2.05, 4.69) is 20.6 Å². The van der Waals surface area contributed by atoms with Crippen molar-refractivity contribution in [1.82, 2.24) is 20.6 Å². The van der Waals surface area contributed by atoms with Crippen LogP contribution in [0.2, 0.25) is 0 Å². The number of hydrogen-bond acceptors (Lipinski definition) is 4. The van der Waals surface area contributed by atoms with Gasteiger partial charge < -0.3 is 4.98 Å². The van der Waals surface area contributed by atoms with Crippen molar-refractivity contribution in [2.24, 2.45) is 0 Å². The predicted octanol–water partition coefficient (Wildman–Crippen LogP) is -1.09. The maximum absolute atomic E-state index is 11.1. The van der Waals surface area contributed by atoms with Crippen LogP contribution in [0.1, 0.15) is 12.2 Å². The van der Waals surface area contributed by atoms with Crippen LogP contribution < -0.4 is 10.6 Å². The van der Waals surface area contributed by atoms with Gasteiger partial charge in [0.2, 0.25) is 11.8 Å². The van der Waals surface area contributed by atoms with Crippen LogP contribution in [0.5, 0.6) is 0 Å². The first-order valence-electron chi connectivity index (χ1n) is 4.31. The van der Waals surface area contributed by atoms with Crippen LogP contribution in [0.15, 0.2) is 12.4 Å². The van der Waals surface area contributed by atoms with Gasteiger partial charge in [-0.2, -0.15) is 0 Å². The molecule has 1 saturated heterocycles. The lowest BCUT2D eigenvalue weighted by Crippen LogP contribution is -2.36. The summed E-state index contributed by atoms with van der Waals surface area (Å²) in [5, 5.41) is 5.16. The second kappa shape index (κ2) is 3.59. The number of aromatic amines is 1. The quantitative estimate of drug-likeness (QED) is 0.534. The van der Waals surface area contributed by atoms with Crippen molar-refractivity contribution in [2.75, 3.05) is 0 Å². The Morgan fingerprint density at radius 1 is 1.57 bits per heavy atom. The van der Waals surface area contributed by atoms with Crippen LogP contribution in [0.3, 0.4) is 0 Å². The summed E-state index contributed by atoms with van der Waals surface area (Å²) < 4.78 is 0. The third-order valence-electron chi connectivity index (χ3n) is 2.04. The van der Waals surface area contributed by atoms with E-state index in [0.717, 1.165) is 5.82 Å². The summed E-state index contributed by atoms with van der Waals surface area (Å²) in [4.78, 5) is 28.8. The van der Waals surface area contributed by atoms with Gasteiger partial charge in [0.25, 0.3) is 0 Å². The predicted molar refractivity (Wildman–Crippen MR) is 47.0 cm³/mol. The molecular weight excluding hydrogens is 184 g/mol. The lowest BCUT2D eigenvalue weighted by molar-refractivity contribution is -0.125. The van der Waals surface area contributed by atoms with E-state index in [9.17, 15) is 9.59 Å². The highest BCUT2D eigenvalue weighted by Crippen LogP contribution is 2.01. The molecule has 1 fully saturated rings. The van der Waals surface area contributed by atoms with Crippen molar-refractivity contribution in [3.8, 4) is 0 Å². The van der Waals surface area contributed by atoms with Gasteiger partial charge in [0, 0.05) is 12.4 Å². The van der Waals surface area contributed by atoms with E-state index in [1.165, 1.54) is 0 Å². The van der Waals surface area contributed by atoms with Gasteiger partial charge in [0.05, 0.1) is 19.0 Å². The summed E-state index contributed by atoms with van der Waals surface area (Å²) in [5.41, 5.74) is 0. The summed E-state index contributed by atoms with van der Waals surface area (Å²) in [7, 11) is 0. The highest BCUT2D eigenvalue weighted by atomic mass is 16.2. The third-order valence-corrected chi connectivity index (χ3v) is 2.04. The molecule has 0 aliphatic carbocycles. The van der Waals surface area contributed by atoms with E-state index in [0.29, 0.717) is 6.54 Å². The molecule has 6 nitrogen and oxygen atoms in total. The van der Waals surface area contributed by atoms with Crippen molar-refractivity contribution in [2.45, 2.75) is 19.0 Å². The van der Waals surface area contributed by atoms with Crippen molar-refractivity contribution < 1.29 is 9.59 Å². The topological polar surface area (TPSA) is 86.9 Å². The molecule has 2 heterocycles. The number of imide groups is 1. The number of carbonyl (C=O) groups is 2. The molecule has 1 aliphatic rings. The monoisotopic (exact) mass is 194 g/mol. The first kappa shape index (κ1) is 8.89. The standard InChI is InChI=1S/C8H10N4O2/c13-7-3-5(8(14)12-7)11-4-6-9-1-2-10-6/h1-2,5,11H,3-4H2,(H,9,10)(H,12,13,14). The second-order valence-electron chi connectivity index (χ2n) is 3.09. The molecule has 1 atom stereocenters. The van der Waals surface area contributed by atoms with Crippen LogP contribution in [0, 0.1) is 0 Å². The van der Waals surface area contributed by atoms with Gasteiger partial charge in [-0.05, 0) is 0 Å². The molecule has 1 aromatic heterocycles. The van der Waals surface area contributed by atoms with Gasteiger partial charge in [0.15, 0.2) is 0 Å². The Kier molecular flexibility index (Phi) is 2.28. The summed E-state index contributed by atoms with van der Waals surface area (Å²) in [6.07, 6.45) is 3.55. The Balaban J connectivity index is 1.87. The second-order valence-corrected chi connectivity index (χ2v) is 3.09. The van der Waals surface area contributed by atoms with Crippen molar-refractivity contribution >= 4 is 11.8 Å². The largest absolute Gasteiger partial charge is 0.348 e. The molecule has 0 radical (unpaired) electrons. The van der Waals surface area contributed by atoms with Gasteiger partial charge >= 0.3 is 0 Å². The van der Waals surface area contributed by atoms with Crippen molar-refractivity contribution in [3.05, 3.63) is 18.2 Å². The molecule has 0 spiro atoms. The lowest BCUT2D eigenvalue weighted by atomic mass is 10.2. The summed E-state index contributed by atoms with van der Waals surface area (Å²) in [5.74, 6) is 0.255. The zero-order valence-corrected chi connectivity index (χ0v) is 7.41. The molecular formula is C8H10N4O2. The molecule has 0 aromatic carbocycles. The molecule has 2 amide bonds. The van der Waals surface area contributed by atoms with E-state index in [-0.39, 0.29) is 18.2 Å². The van der Waals surface area contributed by atoms with Crippen molar-refractivity contribution in [1.29, 1.82) is 0 Å². The van der Waals surface area contributed by atoms with Gasteiger partial charge in [-0.3, -0.25) is 20.2 Å². The maximum atomic E-state index is 11.1. The molecule has 6 heteroatoms. The van der Waals surface area contributed by atoms with E-state index in [4.69, 9.17) is 0 Å². The zero-order chi connectivity index (χ0) is 9.97. The molecule has 74 valence electrons. The van der Waals surface area contributed by atoms with Crippen molar-refractivity contribution in [3.63, 3.8) is 0 Å². The Morgan fingerprint density at radius 2 is 2.43 bits per heavy atom. The minimum absolute atomic E-state index is 0.208. The molecule has 0 saturated carbocycles. The Morgan fingerprint density at radius 3 is 3.00 bits per heavy atom. The SMILES string of the molecule is O=C1CC(NCc2ncc[nH]2)C(=O)N1. The number of aromatic nitrogens is 2. The van der Waals surface area contributed by atoms with E-state index in [1.807, 2.05) is 0 Å². The Hall–Kier alpha value is -1.69. The fraction of sp³-hybridized carbons (Fsp3) is 0.375. The van der Waals surface area contributed by atoms with Crippen LogP contribution in [0.25, 0.3) is 0 Å². The maximum Gasteiger partial charge on any atom is 0.244 e. The molecule has 1 aromatic rings. The highest BCUT2D eigenvalue weighted by molar-refractivity contribution is 6.05. The lowest BCUT2D eigenvalue weighted by Gasteiger charge is -2.06. The normalized spacial score (nSPS) is 21.3. The Labute approximate surface area is 80.1 Å². The fourth-order valence-electron chi connectivity index (χ4n) is 1.33. The number of H-pyrrole nitrogens is 1. The molecule has 0 bridgehead atoms. The third kappa shape index (κ3) is 1.80. The minimum Gasteiger partial charge on any atom is -0.348 e. The van der Waals surface area contributed by atoms with Gasteiger partial charge in [-0.15, -0.1) is 0 Å². The van der Waals surface area contributed by atoms with Crippen LogP contribution >= 0.6 is 0 Å². The molecule has 3 N–H and O–H groups in total. The number of nitrogens with one attached hydrogen (secondary N) is 3. The van der Waals surface area contributed by atoms with E-state index in [1.54, 1.807) is 12.4 Å². The van der Waals surface area contributed by atoms with E-state index < -0.39 is 6.04 Å².